The van der Waals surface area contributed by atoms with Gasteiger partial charge in [-0.1, -0.05) is 57.7 Å². The second kappa shape index (κ2) is 7.66. The second-order valence-corrected chi connectivity index (χ2v) is 5.86. The summed E-state index contributed by atoms with van der Waals surface area (Å²) in [5.41, 5.74) is 0.789. The number of hydrogen-bond acceptors (Lipinski definition) is 2. The number of benzene rings is 1. The zero-order valence-electron chi connectivity index (χ0n) is 11.5. The summed E-state index contributed by atoms with van der Waals surface area (Å²) in [5.74, 6) is 0.660. The monoisotopic (exact) mass is 288 g/mol. The van der Waals surface area contributed by atoms with Crippen molar-refractivity contribution in [2.75, 3.05) is 0 Å². The molecule has 0 aromatic heterocycles. The van der Waals surface area contributed by atoms with Crippen LogP contribution < -0.4 is 4.52 Å². The van der Waals surface area contributed by atoms with Crippen molar-refractivity contribution in [2.45, 2.75) is 46.0 Å². The largest absolute Gasteiger partial charge is 0.567 e. The topological polar surface area (TPSA) is 46.5 Å². The smallest absolute Gasteiger partial charge is 0.401 e. The van der Waals surface area contributed by atoms with Crippen LogP contribution in [0, 0.1) is 5.92 Å². The summed E-state index contributed by atoms with van der Waals surface area (Å²) < 4.78 is 28.0. The van der Waals surface area contributed by atoms with Crippen molar-refractivity contribution in [2.24, 2.45) is 5.92 Å². The second-order valence-electron chi connectivity index (χ2n) is 4.77. The van der Waals surface area contributed by atoms with Crippen molar-refractivity contribution in [3.05, 3.63) is 29.8 Å². The van der Waals surface area contributed by atoms with Gasteiger partial charge in [-0.2, -0.15) is 0 Å². The molecule has 0 spiro atoms. The maximum Gasteiger partial charge on any atom is 0.567 e. The van der Waals surface area contributed by atoms with Gasteiger partial charge in [0.05, 0.1) is 0 Å². The van der Waals surface area contributed by atoms with E-state index < -0.39 is 7.91 Å². The van der Waals surface area contributed by atoms with E-state index in [0.717, 1.165) is 37.7 Å². The van der Waals surface area contributed by atoms with Crippen LogP contribution in [0.25, 0.3) is 0 Å². The Morgan fingerprint density at radius 3 is 2.63 bits per heavy atom. The lowest BCUT2D eigenvalue weighted by atomic mass is 9.92. The number of rotatable bonds is 8. The number of para-hydroxylation sites is 1. The molecule has 2 unspecified atom stereocenters. The molecular weight excluding hydrogens is 266 g/mol. The molecule has 0 bridgehead atoms. The first-order chi connectivity index (χ1) is 8.96. The summed E-state index contributed by atoms with van der Waals surface area (Å²) in [6.45, 7) is 4.27. The van der Waals surface area contributed by atoms with Gasteiger partial charge in [0.2, 0.25) is 0 Å². The standard InChI is InChI=1S/C14H22FO3P/c1-3-5-8-12(4-2)11-13-9-6-7-10-14(13)18-19(15,16)17/h6-7,9-10,12H,3-5,8,11H2,1-2H3,(H,16,17). The molecule has 1 aromatic carbocycles. The molecule has 0 radical (unpaired) electrons. The summed E-state index contributed by atoms with van der Waals surface area (Å²) >= 11 is 0. The van der Waals surface area contributed by atoms with Crippen LogP contribution in [-0.2, 0) is 11.0 Å². The first-order valence-electron chi connectivity index (χ1n) is 6.76. The summed E-state index contributed by atoms with van der Waals surface area (Å²) in [5, 5.41) is 0. The Balaban J connectivity index is 2.79. The molecule has 1 N–H and O–H groups in total. The molecule has 0 heterocycles. The molecule has 19 heavy (non-hydrogen) atoms. The van der Waals surface area contributed by atoms with Gasteiger partial charge < -0.3 is 4.52 Å². The highest BCUT2D eigenvalue weighted by Crippen LogP contribution is 2.45. The Kier molecular flexibility index (Phi) is 6.53. The first kappa shape index (κ1) is 16.2. The van der Waals surface area contributed by atoms with E-state index in [9.17, 15) is 8.76 Å². The fourth-order valence-electron chi connectivity index (χ4n) is 2.14. The minimum absolute atomic E-state index is 0.172. The van der Waals surface area contributed by atoms with Crippen LogP contribution in [0.15, 0.2) is 24.3 Å². The van der Waals surface area contributed by atoms with E-state index in [1.807, 2.05) is 12.1 Å². The van der Waals surface area contributed by atoms with Gasteiger partial charge in [0, 0.05) is 0 Å². The van der Waals surface area contributed by atoms with Crippen LogP contribution in [0.1, 0.15) is 45.1 Å². The van der Waals surface area contributed by atoms with E-state index in [4.69, 9.17) is 4.89 Å². The summed E-state index contributed by atoms with van der Waals surface area (Å²) in [6.07, 6.45) is 5.18. The number of halogens is 1. The maximum absolute atomic E-state index is 12.8. The molecule has 0 amide bonds. The van der Waals surface area contributed by atoms with E-state index >= 15 is 0 Å². The van der Waals surface area contributed by atoms with Gasteiger partial charge in [-0.05, 0) is 24.0 Å². The van der Waals surface area contributed by atoms with Crippen molar-refractivity contribution < 1.29 is 18.2 Å². The maximum atomic E-state index is 12.8. The third kappa shape index (κ3) is 6.22. The molecule has 0 aliphatic carbocycles. The molecule has 0 fully saturated rings. The average molecular weight is 288 g/mol. The Bertz CT molecular complexity index is 430. The van der Waals surface area contributed by atoms with E-state index in [-0.39, 0.29) is 5.75 Å². The van der Waals surface area contributed by atoms with Crippen LogP contribution in [-0.4, -0.2) is 4.89 Å². The van der Waals surface area contributed by atoms with Crippen LogP contribution in [0.5, 0.6) is 5.75 Å². The molecule has 2 atom stereocenters. The summed E-state index contributed by atoms with van der Waals surface area (Å²) in [4.78, 5) is 8.69. The minimum atomic E-state index is -4.99. The fourth-order valence-corrected chi connectivity index (χ4v) is 2.56. The zero-order valence-corrected chi connectivity index (χ0v) is 12.4. The molecule has 0 aliphatic heterocycles. The lowest BCUT2D eigenvalue weighted by molar-refractivity contribution is 0.327. The van der Waals surface area contributed by atoms with Gasteiger partial charge in [0.15, 0.2) is 0 Å². The van der Waals surface area contributed by atoms with Crippen molar-refractivity contribution in [3.8, 4) is 5.75 Å². The van der Waals surface area contributed by atoms with Crippen molar-refractivity contribution >= 4 is 7.91 Å². The van der Waals surface area contributed by atoms with Crippen molar-refractivity contribution in [3.63, 3.8) is 0 Å². The van der Waals surface area contributed by atoms with Crippen LogP contribution in [0.2, 0.25) is 0 Å². The summed E-state index contributed by atoms with van der Waals surface area (Å²) in [7, 11) is -4.99. The van der Waals surface area contributed by atoms with Crippen LogP contribution in [0.4, 0.5) is 4.20 Å². The number of unbranched alkanes of at least 4 members (excludes halogenated alkanes) is 1. The molecule has 5 heteroatoms. The van der Waals surface area contributed by atoms with Crippen LogP contribution >= 0.6 is 7.91 Å². The average Bonchev–Trinajstić information content (AvgIpc) is 2.34. The highest BCUT2D eigenvalue weighted by atomic mass is 31.2. The Morgan fingerprint density at radius 1 is 1.37 bits per heavy atom. The Labute approximate surface area is 114 Å². The fraction of sp³-hybridized carbons (Fsp3) is 0.571. The SMILES string of the molecule is CCCCC(CC)Cc1ccccc1OP(=O)(O)F. The third-order valence-electron chi connectivity index (χ3n) is 3.24. The van der Waals surface area contributed by atoms with Crippen molar-refractivity contribution in [1.29, 1.82) is 0 Å². The molecule has 0 aliphatic rings. The van der Waals surface area contributed by atoms with Crippen LogP contribution in [0.3, 0.4) is 0 Å². The molecule has 0 saturated carbocycles. The zero-order chi connectivity index (χ0) is 14.3. The Hall–Kier alpha value is -0.860. The predicted octanol–water partition coefficient (Wildman–Crippen LogP) is 4.89. The number of hydrogen-bond donors (Lipinski definition) is 1. The van der Waals surface area contributed by atoms with E-state index in [1.165, 1.54) is 6.07 Å². The minimum Gasteiger partial charge on any atom is -0.401 e. The Morgan fingerprint density at radius 2 is 2.05 bits per heavy atom. The lowest BCUT2D eigenvalue weighted by Gasteiger charge is -2.17. The molecular formula is C14H22FO3P. The predicted molar refractivity (Wildman–Crippen MR) is 75.0 cm³/mol. The van der Waals surface area contributed by atoms with Gasteiger partial charge in [-0.15, -0.1) is 4.20 Å². The third-order valence-corrected chi connectivity index (χ3v) is 3.66. The highest BCUT2D eigenvalue weighted by Gasteiger charge is 2.21. The van der Waals surface area contributed by atoms with Gasteiger partial charge >= 0.3 is 7.91 Å². The first-order valence-corrected chi connectivity index (χ1v) is 8.23. The molecule has 1 rings (SSSR count). The van der Waals surface area contributed by atoms with E-state index in [2.05, 4.69) is 18.4 Å². The van der Waals surface area contributed by atoms with Gasteiger partial charge in [0.25, 0.3) is 0 Å². The molecule has 1 aromatic rings. The van der Waals surface area contributed by atoms with Gasteiger partial charge in [-0.3, -0.25) is 4.89 Å². The van der Waals surface area contributed by atoms with Crippen molar-refractivity contribution in [1.82, 2.24) is 0 Å². The van der Waals surface area contributed by atoms with E-state index in [1.54, 1.807) is 6.07 Å². The summed E-state index contributed by atoms with van der Waals surface area (Å²) in [6, 6.07) is 6.85. The van der Waals surface area contributed by atoms with E-state index in [0.29, 0.717) is 5.92 Å². The normalized spacial score (nSPS) is 15.8. The lowest BCUT2D eigenvalue weighted by Crippen LogP contribution is -2.05. The quantitative estimate of drug-likeness (QED) is 0.692. The molecule has 108 valence electrons. The van der Waals surface area contributed by atoms with Gasteiger partial charge in [-0.25, -0.2) is 4.57 Å². The van der Waals surface area contributed by atoms with Gasteiger partial charge in [0.1, 0.15) is 5.75 Å². The molecule has 0 saturated heterocycles. The molecule has 3 nitrogen and oxygen atoms in total. The highest BCUT2D eigenvalue weighted by molar-refractivity contribution is 7.47.